The van der Waals surface area contributed by atoms with Crippen LogP contribution in [-0.4, -0.2) is 52.7 Å². The number of nitrogens with one attached hydrogen (secondary N) is 1. The molecule has 0 aliphatic carbocycles. The molecule has 26 heavy (non-hydrogen) atoms. The molecule has 9 heteroatoms. The van der Waals surface area contributed by atoms with Crippen LogP contribution in [0.3, 0.4) is 0 Å². The number of nitrogens with zero attached hydrogens (tertiary/aromatic N) is 2. The number of hydrogen-bond donors (Lipinski definition) is 1. The van der Waals surface area contributed by atoms with Crippen LogP contribution in [0.15, 0.2) is 40.6 Å². The fourth-order valence-electron chi connectivity index (χ4n) is 2.48. The third-order valence-electron chi connectivity index (χ3n) is 3.81. The second kappa shape index (κ2) is 7.43. The van der Waals surface area contributed by atoms with E-state index in [1.165, 1.54) is 33.8 Å². The van der Waals surface area contributed by atoms with E-state index in [1.54, 1.807) is 23.1 Å². The molecule has 0 aliphatic heterocycles. The Bertz CT molecular complexity index is 1020. The molecular formula is C17H20N3O3S3+. The van der Waals surface area contributed by atoms with Gasteiger partial charge in [0.2, 0.25) is 0 Å². The normalized spacial score (nSPS) is 12.0. The third kappa shape index (κ3) is 3.96. The van der Waals surface area contributed by atoms with Gasteiger partial charge >= 0.3 is 0 Å². The summed E-state index contributed by atoms with van der Waals surface area (Å²) in [7, 11) is 0.651. The minimum atomic E-state index is -3.39. The topological polar surface area (TPSA) is 71.8 Å². The minimum Gasteiger partial charge on any atom is -0.338 e. The molecule has 0 bridgehead atoms. The van der Waals surface area contributed by atoms with E-state index in [4.69, 9.17) is 0 Å². The molecule has 0 unspecified atom stereocenters. The molecule has 1 aromatic carbocycles. The van der Waals surface area contributed by atoms with E-state index < -0.39 is 9.84 Å². The molecule has 0 radical (unpaired) electrons. The largest absolute Gasteiger partial charge is 0.338 e. The van der Waals surface area contributed by atoms with Crippen LogP contribution in [-0.2, 0) is 9.84 Å². The van der Waals surface area contributed by atoms with Crippen molar-refractivity contribution in [3.63, 3.8) is 0 Å². The first-order valence-corrected chi connectivity index (χ1v) is 11.6. The van der Waals surface area contributed by atoms with Crippen LogP contribution in [0.5, 0.6) is 0 Å². The smallest absolute Gasteiger partial charge is 0.270 e. The highest BCUT2D eigenvalue weighted by Crippen LogP contribution is 2.33. The number of quaternary nitrogens is 1. The van der Waals surface area contributed by atoms with Gasteiger partial charge in [-0.1, -0.05) is 23.5 Å². The van der Waals surface area contributed by atoms with Gasteiger partial charge in [-0.25, -0.2) is 13.4 Å². The number of benzene rings is 1. The number of rotatable bonds is 6. The zero-order valence-electron chi connectivity index (χ0n) is 14.7. The van der Waals surface area contributed by atoms with Gasteiger partial charge in [-0.15, -0.1) is 11.3 Å². The Morgan fingerprint density at radius 1 is 1.23 bits per heavy atom. The molecule has 3 aromatic rings. The molecule has 1 amide bonds. The quantitative estimate of drug-likeness (QED) is 0.669. The molecule has 2 heterocycles. The maximum absolute atomic E-state index is 13.0. The molecule has 0 saturated carbocycles. The number of likely N-dealkylation sites (N-methyl/N-ethyl adjacent to an activating group) is 1. The van der Waals surface area contributed by atoms with E-state index in [1.807, 2.05) is 31.6 Å². The highest BCUT2D eigenvalue weighted by Gasteiger charge is 2.24. The zero-order valence-corrected chi connectivity index (χ0v) is 17.2. The molecule has 138 valence electrons. The molecule has 2 aromatic heterocycles. The second-order valence-corrected chi connectivity index (χ2v) is 10.2. The minimum absolute atomic E-state index is 0.110. The Balaban J connectivity index is 2.07. The molecule has 0 atom stereocenters. The zero-order chi connectivity index (χ0) is 18.9. The first kappa shape index (κ1) is 19.0. The Labute approximate surface area is 160 Å². The van der Waals surface area contributed by atoms with Gasteiger partial charge in [-0.05, 0) is 23.6 Å². The first-order valence-electron chi connectivity index (χ1n) is 8.01. The van der Waals surface area contributed by atoms with Gasteiger partial charge in [0.1, 0.15) is 5.52 Å². The summed E-state index contributed by atoms with van der Waals surface area (Å²) in [6, 6.07) is 8.72. The highest BCUT2D eigenvalue weighted by molar-refractivity contribution is 7.91. The SMILES string of the molecule is C[NH+](C)CCN(C(=O)c1cccs1)c1nc2c(S(C)(=O)=O)cccc2s1. The van der Waals surface area contributed by atoms with Crippen LogP contribution >= 0.6 is 22.7 Å². The lowest BCUT2D eigenvalue weighted by Crippen LogP contribution is -3.06. The number of thiazole rings is 1. The summed E-state index contributed by atoms with van der Waals surface area (Å²) in [5, 5.41) is 2.39. The Kier molecular flexibility index (Phi) is 5.42. The average Bonchev–Trinajstić information content (AvgIpc) is 3.22. The predicted octanol–water partition coefficient (Wildman–Crippen LogP) is 1.55. The number of para-hydroxylation sites is 1. The molecule has 6 nitrogen and oxygen atoms in total. The maximum atomic E-state index is 13.0. The third-order valence-corrected chi connectivity index (χ3v) is 6.84. The summed E-state index contributed by atoms with van der Waals surface area (Å²) in [5.74, 6) is -0.110. The fourth-order valence-corrected chi connectivity index (χ4v) is 5.06. The maximum Gasteiger partial charge on any atom is 0.270 e. The van der Waals surface area contributed by atoms with Crippen molar-refractivity contribution in [3.8, 4) is 0 Å². The molecule has 0 spiro atoms. The molecule has 0 fully saturated rings. The van der Waals surface area contributed by atoms with Crippen LogP contribution in [0.2, 0.25) is 0 Å². The number of anilines is 1. The summed E-state index contributed by atoms with van der Waals surface area (Å²) in [4.78, 5) is 21.2. The number of amides is 1. The van der Waals surface area contributed by atoms with Crippen molar-refractivity contribution < 1.29 is 18.1 Å². The van der Waals surface area contributed by atoms with Crippen molar-refractivity contribution in [2.24, 2.45) is 0 Å². The molecule has 1 N–H and O–H groups in total. The monoisotopic (exact) mass is 410 g/mol. The number of carbonyl (C=O) groups excluding carboxylic acids is 1. The lowest BCUT2D eigenvalue weighted by Gasteiger charge is -2.19. The average molecular weight is 411 g/mol. The van der Waals surface area contributed by atoms with E-state index >= 15 is 0 Å². The van der Waals surface area contributed by atoms with E-state index in [0.29, 0.717) is 22.1 Å². The first-order chi connectivity index (χ1) is 12.3. The van der Waals surface area contributed by atoms with Crippen LogP contribution in [0.4, 0.5) is 5.13 Å². The summed E-state index contributed by atoms with van der Waals surface area (Å²) < 4.78 is 24.8. The van der Waals surface area contributed by atoms with Crippen molar-refractivity contribution in [1.29, 1.82) is 0 Å². The number of carbonyl (C=O) groups is 1. The number of fused-ring (bicyclic) bond motifs is 1. The number of sulfone groups is 1. The number of hydrogen-bond acceptors (Lipinski definition) is 6. The van der Waals surface area contributed by atoms with Crippen LogP contribution in [0.1, 0.15) is 9.67 Å². The van der Waals surface area contributed by atoms with Gasteiger partial charge in [-0.2, -0.15) is 0 Å². The highest BCUT2D eigenvalue weighted by atomic mass is 32.2. The Hall–Kier alpha value is -1.81. The van der Waals surface area contributed by atoms with E-state index in [9.17, 15) is 13.2 Å². The molecule has 0 aliphatic rings. The van der Waals surface area contributed by atoms with Gasteiger partial charge < -0.3 is 4.90 Å². The van der Waals surface area contributed by atoms with Gasteiger partial charge in [0, 0.05) is 6.26 Å². The fraction of sp³-hybridized carbons (Fsp3) is 0.294. The summed E-state index contributed by atoms with van der Waals surface area (Å²) in [5.41, 5.74) is 0.427. The standard InChI is InChI=1S/C17H19N3O3S3/c1-19(2)9-10-20(16(21)13-7-5-11-24-13)17-18-15-12(25-17)6-4-8-14(15)26(3,22)23/h4-8,11H,9-10H2,1-3H3/p+1. The van der Waals surface area contributed by atoms with Crippen molar-refractivity contribution in [1.82, 2.24) is 4.98 Å². The van der Waals surface area contributed by atoms with Gasteiger partial charge in [0.25, 0.3) is 5.91 Å². The van der Waals surface area contributed by atoms with Gasteiger partial charge in [0.05, 0.1) is 41.7 Å². The summed E-state index contributed by atoms with van der Waals surface area (Å²) >= 11 is 2.72. The Morgan fingerprint density at radius 3 is 2.62 bits per heavy atom. The van der Waals surface area contributed by atoms with Crippen molar-refractivity contribution >= 4 is 53.8 Å². The molecule has 3 rings (SSSR count). The van der Waals surface area contributed by atoms with Crippen LogP contribution in [0.25, 0.3) is 10.2 Å². The summed E-state index contributed by atoms with van der Waals surface area (Å²) in [6.07, 6.45) is 1.17. The lowest BCUT2D eigenvalue weighted by molar-refractivity contribution is -0.856. The van der Waals surface area contributed by atoms with E-state index in [0.717, 1.165) is 11.2 Å². The van der Waals surface area contributed by atoms with E-state index in [-0.39, 0.29) is 10.8 Å². The van der Waals surface area contributed by atoms with Crippen LogP contribution in [0, 0.1) is 0 Å². The summed E-state index contributed by atoms with van der Waals surface area (Å²) in [6.45, 7) is 1.26. The van der Waals surface area contributed by atoms with Crippen molar-refractivity contribution in [2.75, 3.05) is 38.3 Å². The van der Waals surface area contributed by atoms with E-state index in [2.05, 4.69) is 4.98 Å². The van der Waals surface area contributed by atoms with Crippen LogP contribution < -0.4 is 9.80 Å². The predicted molar refractivity (Wildman–Crippen MR) is 106 cm³/mol. The molecule has 0 saturated heterocycles. The van der Waals surface area contributed by atoms with Gasteiger partial charge in [0.15, 0.2) is 15.0 Å². The number of aromatic nitrogens is 1. The molecular weight excluding hydrogens is 390 g/mol. The Morgan fingerprint density at radius 2 is 2.00 bits per heavy atom. The van der Waals surface area contributed by atoms with Gasteiger partial charge in [-0.3, -0.25) is 9.69 Å². The lowest BCUT2D eigenvalue weighted by atomic mass is 10.3. The second-order valence-electron chi connectivity index (χ2n) is 6.26. The van der Waals surface area contributed by atoms with Crippen molar-refractivity contribution in [3.05, 3.63) is 40.6 Å². The van der Waals surface area contributed by atoms with Crippen molar-refractivity contribution in [2.45, 2.75) is 4.90 Å². The number of thiophene rings is 1.